The molecule has 0 saturated carbocycles. The minimum absolute atomic E-state index is 0.0238. The topological polar surface area (TPSA) is 54.0 Å². The van der Waals surface area contributed by atoms with Crippen LogP contribution in [0, 0.1) is 0 Å². The van der Waals surface area contributed by atoms with E-state index in [0.717, 1.165) is 5.56 Å². The van der Waals surface area contributed by atoms with E-state index in [9.17, 15) is 4.79 Å². The lowest BCUT2D eigenvalue weighted by Crippen LogP contribution is -2.13. The van der Waals surface area contributed by atoms with E-state index in [4.69, 9.17) is 18.9 Å². The second kappa shape index (κ2) is 8.42. The molecule has 0 amide bonds. The maximum atomic E-state index is 13.0. The van der Waals surface area contributed by atoms with Crippen molar-refractivity contribution in [2.75, 3.05) is 28.4 Å². The molecule has 0 aliphatic rings. The van der Waals surface area contributed by atoms with Gasteiger partial charge in [-0.1, -0.05) is 13.0 Å². The maximum Gasteiger partial charge on any atom is 0.170 e. The van der Waals surface area contributed by atoms with Gasteiger partial charge in [0, 0.05) is 11.5 Å². The summed E-state index contributed by atoms with van der Waals surface area (Å²) in [5.41, 5.74) is 1.47. The van der Waals surface area contributed by atoms with Crippen molar-refractivity contribution in [1.82, 2.24) is 0 Å². The van der Waals surface area contributed by atoms with Crippen LogP contribution in [0.15, 0.2) is 36.4 Å². The summed E-state index contributed by atoms with van der Waals surface area (Å²) in [6, 6.07) is 10.8. The summed E-state index contributed by atoms with van der Waals surface area (Å²) in [6.45, 7) is 1.99. The second-order valence-corrected chi connectivity index (χ2v) is 5.51. The van der Waals surface area contributed by atoms with Gasteiger partial charge in [-0.25, -0.2) is 0 Å². The Hall–Kier alpha value is -2.69. The highest BCUT2D eigenvalue weighted by atomic mass is 16.5. The first-order chi connectivity index (χ1) is 12.1. The molecule has 0 heterocycles. The third-order valence-corrected chi connectivity index (χ3v) is 4.20. The van der Waals surface area contributed by atoms with Crippen molar-refractivity contribution in [3.63, 3.8) is 0 Å². The van der Waals surface area contributed by atoms with Crippen LogP contribution in [-0.2, 0) is 0 Å². The summed E-state index contributed by atoms with van der Waals surface area (Å²) in [5.74, 6) is 2.13. The Kier molecular flexibility index (Phi) is 6.28. The lowest BCUT2D eigenvalue weighted by Gasteiger charge is -2.17. The number of ether oxygens (including phenoxy) is 4. The Bertz CT molecular complexity index is 739. The summed E-state index contributed by atoms with van der Waals surface area (Å²) >= 11 is 0. The number of Topliss-reactive ketones (excluding diaryl/α,β-unsaturated/α-hetero) is 1. The monoisotopic (exact) mass is 344 g/mol. The van der Waals surface area contributed by atoms with Gasteiger partial charge in [-0.15, -0.1) is 0 Å². The molecule has 0 fully saturated rings. The van der Waals surface area contributed by atoms with Crippen molar-refractivity contribution in [3.8, 4) is 23.0 Å². The van der Waals surface area contributed by atoms with E-state index in [2.05, 4.69) is 0 Å². The van der Waals surface area contributed by atoms with E-state index in [1.807, 2.05) is 25.1 Å². The lowest BCUT2D eigenvalue weighted by atomic mass is 9.88. The van der Waals surface area contributed by atoms with Gasteiger partial charge in [-0.3, -0.25) is 4.79 Å². The van der Waals surface area contributed by atoms with E-state index in [1.54, 1.807) is 46.6 Å². The highest BCUT2D eigenvalue weighted by molar-refractivity contribution is 6.01. The summed E-state index contributed by atoms with van der Waals surface area (Å²) in [7, 11) is 6.29. The van der Waals surface area contributed by atoms with Crippen LogP contribution in [0.5, 0.6) is 23.0 Å². The predicted octanol–water partition coefficient (Wildman–Crippen LogP) is 4.10. The molecule has 25 heavy (non-hydrogen) atoms. The molecule has 0 aromatic heterocycles. The fraction of sp³-hybridized carbons (Fsp3) is 0.350. The average Bonchev–Trinajstić information content (AvgIpc) is 2.67. The summed E-state index contributed by atoms with van der Waals surface area (Å²) < 4.78 is 21.1. The Balaban J connectivity index is 2.39. The molecule has 0 spiro atoms. The molecule has 0 N–H and O–H groups in total. The van der Waals surface area contributed by atoms with Gasteiger partial charge in [0.2, 0.25) is 0 Å². The molecule has 134 valence electrons. The van der Waals surface area contributed by atoms with Gasteiger partial charge in [-0.05, 0) is 42.3 Å². The minimum atomic E-state index is -0.280. The lowest BCUT2D eigenvalue weighted by molar-refractivity contribution is 0.0957. The molecule has 1 atom stereocenters. The molecule has 0 bridgehead atoms. The SMILES string of the molecule is CC[C@H](C(=O)c1ccc(OC)c(OC)c1)c1ccc(OC)c(OC)c1. The first-order valence-corrected chi connectivity index (χ1v) is 8.07. The first kappa shape index (κ1) is 18.6. The number of hydrogen-bond donors (Lipinski definition) is 0. The minimum Gasteiger partial charge on any atom is -0.493 e. The van der Waals surface area contributed by atoms with Crippen LogP contribution in [0.3, 0.4) is 0 Å². The smallest absolute Gasteiger partial charge is 0.170 e. The van der Waals surface area contributed by atoms with Crippen LogP contribution >= 0.6 is 0 Å². The van der Waals surface area contributed by atoms with E-state index in [-0.39, 0.29) is 11.7 Å². The van der Waals surface area contributed by atoms with Crippen LogP contribution in [0.4, 0.5) is 0 Å². The van der Waals surface area contributed by atoms with Gasteiger partial charge in [0.1, 0.15) is 0 Å². The first-order valence-electron chi connectivity index (χ1n) is 8.07. The Morgan fingerprint density at radius 1 is 0.800 bits per heavy atom. The second-order valence-electron chi connectivity index (χ2n) is 5.51. The number of carbonyl (C=O) groups is 1. The Morgan fingerprint density at radius 3 is 1.84 bits per heavy atom. The highest BCUT2D eigenvalue weighted by Gasteiger charge is 2.23. The zero-order chi connectivity index (χ0) is 18.4. The fourth-order valence-corrected chi connectivity index (χ4v) is 2.83. The highest BCUT2D eigenvalue weighted by Crippen LogP contribution is 2.35. The molecule has 0 aliphatic carbocycles. The third kappa shape index (κ3) is 3.87. The van der Waals surface area contributed by atoms with Crippen molar-refractivity contribution in [2.24, 2.45) is 0 Å². The zero-order valence-electron chi connectivity index (χ0n) is 15.3. The van der Waals surface area contributed by atoms with Gasteiger partial charge < -0.3 is 18.9 Å². The molecule has 2 rings (SSSR count). The van der Waals surface area contributed by atoms with Crippen LogP contribution in [-0.4, -0.2) is 34.2 Å². The van der Waals surface area contributed by atoms with E-state index in [0.29, 0.717) is 35.0 Å². The molecule has 0 saturated heterocycles. The van der Waals surface area contributed by atoms with Crippen LogP contribution in [0.1, 0.15) is 35.2 Å². The summed E-state index contributed by atoms with van der Waals surface area (Å²) in [6.07, 6.45) is 0.669. The van der Waals surface area contributed by atoms with Gasteiger partial charge in [0.25, 0.3) is 0 Å². The Morgan fingerprint density at radius 2 is 1.32 bits per heavy atom. The van der Waals surface area contributed by atoms with Crippen molar-refractivity contribution >= 4 is 5.78 Å². The molecule has 5 heteroatoms. The summed E-state index contributed by atoms with van der Waals surface area (Å²) in [4.78, 5) is 13.0. The quantitative estimate of drug-likeness (QED) is 0.675. The number of hydrogen-bond acceptors (Lipinski definition) is 5. The third-order valence-electron chi connectivity index (χ3n) is 4.20. The molecule has 0 aliphatic heterocycles. The van der Waals surface area contributed by atoms with Crippen molar-refractivity contribution in [3.05, 3.63) is 47.5 Å². The maximum absolute atomic E-state index is 13.0. The largest absolute Gasteiger partial charge is 0.493 e. The number of carbonyl (C=O) groups excluding carboxylic acids is 1. The number of benzene rings is 2. The van der Waals surface area contributed by atoms with Gasteiger partial charge in [0.15, 0.2) is 28.8 Å². The normalized spacial score (nSPS) is 11.6. The standard InChI is InChI=1S/C20H24O5/c1-6-15(13-7-9-16(22-2)18(11-13)24-4)20(21)14-8-10-17(23-3)19(12-14)25-5/h7-12,15H,6H2,1-5H3/t15-/m0/s1. The van der Waals surface area contributed by atoms with Crippen molar-refractivity contribution in [1.29, 1.82) is 0 Å². The van der Waals surface area contributed by atoms with Gasteiger partial charge in [0.05, 0.1) is 28.4 Å². The number of ketones is 1. The molecular weight excluding hydrogens is 320 g/mol. The predicted molar refractivity (Wildman–Crippen MR) is 96.5 cm³/mol. The molecule has 5 nitrogen and oxygen atoms in total. The number of methoxy groups -OCH3 is 4. The van der Waals surface area contributed by atoms with Crippen LogP contribution in [0.2, 0.25) is 0 Å². The molecular formula is C20H24O5. The number of rotatable bonds is 8. The summed E-state index contributed by atoms with van der Waals surface area (Å²) in [5, 5.41) is 0. The van der Waals surface area contributed by atoms with E-state index in [1.165, 1.54) is 0 Å². The van der Waals surface area contributed by atoms with Gasteiger partial charge >= 0.3 is 0 Å². The van der Waals surface area contributed by atoms with E-state index < -0.39 is 0 Å². The Labute approximate surface area is 148 Å². The molecule has 2 aromatic rings. The van der Waals surface area contributed by atoms with E-state index >= 15 is 0 Å². The fourth-order valence-electron chi connectivity index (χ4n) is 2.83. The van der Waals surface area contributed by atoms with Crippen LogP contribution < -0.4 is 18.9 Å². The zero-order valence-corrected chi connectivity index (χ0v) is 15.3. The van der Waals surface area contributed by atoms with Crippen molar-refractivity contribution < 1.29 is 23.7 Å². The molecule has 0 radical (unpaired) electrons. The van der Waals surface area contributed by atoms with Crippen molar-refractivity contribution in [2.45, 2.75) is 19.3 Å². The average molecular weight is 344 g/mol. The molecule has 0 unspecified atom stereocenters. The van der Waals surface area contributed by atoms with Crippen LogP contribution in [0.25, 0.3) is 0 Å². The molecule has 2 aromatic carbocycles. The van der Waals surface area contributed by atoms with Gasteiger partial charge in [-0.2, -0.15) is 0 Å².